The predicted octanol–water partition coefficient (Wildman–Crippen LogP) is 4.19. The molecule has 0 aliphatic heterocycles. The maximum Gasteiger partial charge on any atom is 0.213 e. The summed E-state index contributed by atoms with van der Waals surface area (Å²) in [4.78, 5) is 6.76. The van der Waals surface area contributed by atoms with Gasteiger partial charge in [-0.1, -0.05) is 47.7 Å². The SMILES string of the molecule is c1ccc(-c2cn3nc(-c4cccs4)sc3n2)cc1. The summed E-state index contributed by atoms with van der Waals surface area (Å²) in [5.41, 5.74) is 2.09. The summed E-state index contributed by atoms with van der Waals surface area (Å²) in [6.45, 7) is 0. The highest BCUT2D eigenvalue weighted by Crippen LogP contribution is 2.30. The lowest BCUT2D eigenvalue weighted by Crippen LogP contribution is -1.80. The van der Waals surface area contributed by atoms with Gasteiger partial charge in [0.2, 0.25) is 4.96 Å². The number of thiophene rings is 1. The van der Waals surface area contributed by atoms with Crippen molar-refractivity contribution < 1.29 is 0 Å². The van der Waals surface area contributed by atoms with Crippen molar-refractivity contribution in [1.82, 2.24) is 14.6 Å². The van der Waals surface area contributed by atoms with Gasteiger partial charge < -0.3 is 0 Å². The van der Waals surface area contributed by atoms with Crippen LogP contribution >= 0.6 is 22.7 Å². The zero-order valence-corrected chi connectivity index (χ0v) is 11.5. The zero-order chi connectivity index (χ0) is 12.7. The van der Waals surface area contributed by atoms with Gasteiger partial charge in [0.15, 0.2) is 5.01 Å². The van der Waals surface area contributed by atoms with Gasteiger partial charge in [-0.15, -0.1) is 11.3 Å². The van der Waals surface area contributed by atoms with E-state index >= 15 is 0 Å². The molecule has 3 aromatic heterocycles. The summed E-state index contributed by atoms with van der Waals surface area (Å²) in [5.74, 6) is 0. The van der Waals surface area contributed by atoms with Gasteiger partial charge in [-0.25, -0.2) is 9.50 Å². The molecule has 0 bridgehead atoms. The van der Waals surface area contributed by atoms with E-state index in [0.717, 1.165) is 21.2 Å². The molecule has 0 amide bonds. The molecule has 0 saturated heterocycles. The second-order valence-corrected chi connectivity index (χ2v) is 6.01. The Bertz CT molecular complexity index is 782. The molecule has 19 heavy (non-hydrogen) atoms. The molecule has 3 nitrogen and oxygen atoms in total. The Hall–Kier alpha value is -1.98. The van der Waals surface area contributed by atoms with E-state index in [-0.39, 0.29) is 0 Å². The number of rotatable bonds is 2. The van der Waals surface area contributed by atoms with Gasteiger partial charge in [0, 0.05) is 5.56 Å². The fraction of sp³-hybridized carbons (Fsp3) is 0. The summed E-state index contributed by atoms with van der Waals surface area (Å²) >= 11 is 3.32. The number of hydrogen-bond donors (Lipinski definition) is 0. The van der Waals surface area contributed by atoms with E-state index in [1.54, 1.807) is 22.7 Å². The molecule has 0 atom stereocenters. The van der Waals surface area contributed by atoms with Crippen molar-refractivity contribution in [3.63, 3.8) is 0 Å². The van der Waals surface area contributed by atoms with Gasteiger partial charge >= 0.3 is 0 Å². The van der Waals surface area contributed by atoms with Crippen molar-refractivity contribution in [3.05, 3.63) is 54.0 Å². The standard InChI is InChI=1S/C14H9N3S2/c1-2-5-10(6-3-1)11-9-17-14(15-11)19-13(16-17)12-7-4-8-18-12/h1-9H. The number of imidazole rings is 1. The Kier molecular flexibility index (Phi) is 2.46. The van der Waals surface area contributed by atoms with Crippen LogP contribution < -0.4 is 0 Å². The van der Waals surface area contributed by atoms with Crippen LogP contribution in [0.1, 0.15) is 0 Å². The highest BCUT2D eigenvalue weighted by molar-refractivity contribution is 7.23. The molecule has 5 heteroatoms. The van der Waals surface area contributed by atoms with Crippen molar-refractivity contribution in [3.8, 4) is 21.1 Å². The molecule has 4 rings (SSSR count). The quantitative estimate of drug-likeness (QED) is 0.552. The maximum absolute atomic E-state index is 4.64. The van der Waals surface area contributed by atoms with Crippen molar-refractivity contribution in [2.45, 2.75) is 0 Å². The number of nitrogens with zero attached hydrogens (tertiary/aromatic N) is 3. The lowest BCUT2D eigenvalue weighted by molar-refractivity contribution is 0.980. The summed E-state index contributed by atoms with van der Waals surface area (Å²) in [6.07, 6.45) is 1.98. The first kappa shape index (κ1) is 10.9. The Balaban J connectivity index is 1.80. The van der Waals surface area contributed by atoms with E-state index in [9.17, 15) is 0 Å². The molecular weight excluding hydrogens is 274 g/mol. The Morgan fingerprint density at radius 3 is 2.63 bits per heavy atom. The van der Waals surface area contributed by atoms with Crippen molar-refractivity contribution in [2.24, 2.45) is 0 Å². The Morgan fingerprint density at radius 2 is 1.89 bits per heavy atom. The van der Waals surface area contributed by atoms with Crippen molar-refractivity contribution >= 4 is 27.6 Å². The highest BCUT2D eigenvalue weighted by Gasteiger charge is 2.11. The van der Waals surface area contributed by atoms with Crippen LogP contribution in [-0.2, 0) is 0 Å². The average Bonchev–Trinajstić information content (AvgIpc) is 3.14. The van der Waals surface area contributed by atoms with Gasteiger partial charge in [0.1, 0.15) is 0 Å². The lowest BCUT2D eigenvalue weighted by Gasteiger charge is -1.93. The molecule has 0 spiro atoms. The Labute approximate surface area is 117 Å². The minimum atomic E-state index is 0.933. The molecule has 0 aliphatic rings. The first-order valence-electron chi connectivity index (χ1n) is 5.86. The average molecular weight is 283 g/mol. The van der Waals surface area contributed by atoms with Crippen LogP contribution in [0, 0.1) is 0 Å². The third kappa shape index (κ3) is 1.87. The lowest BCUT2D eigenvalue weighted by atomic mass is 10.2. The first-order valence-corrected chi connectivity index (χ1v) is 7.55. The minimum Gasteiger partial charge on any atom is -0.217 e. The second kappa shape index (κ2) is 4.29. The van der Waals surface area contributed by atoms with Gasteiger partial charge in [0.25, 0.3) is 0 Å². The Morgan fingerprint density at radius 1 is 1.00 bits per heavy atom. The summed E-state index contributed by atoms with van der Waals surface area (Å²) in [7, 11) is 0. The minimum absolute atomic E-state index is 0.933. The van der Waals surface area contributed by atoms with Gasteiger partial charge in [0.05, 0.1) is 16.8 Å². The van der Waals surface area contributed by atoms with E-state index in [1.807, 2.05) is 35.0 Å². The molecule has 0 saturated carbocycles. The largest absolute Gasteiger partial charge is 0.217 e. The van der Waals surface area contributed by atoms with Crippen LogP contribution in [-0.4, -0.2) is 14.6 Å². The second-order valence-electron chi connectivity index (χ2n) is 4.10. The fourth-order valence-electron chi connectivity index (χ4n) is 1.95. The molecule has 0 N–H and O–H groups in total. The van der Waals surface area contributed by atoms with Crippen LogP contribution in [0.15, 0.2) is 54.0 Å². The monoisotopic (exact) mass is 283 g/mol. The van der Waals surface area contributed by atoms with E-state index in [0.29, 0.717) is 0 Å². The van der Waals surface area contributed by atoms with Crippen molar-refractivity contribution in [2.75, 3.05) is 0 Å². The third-order valence-corrected chi connectivity index (χ3v) is 4.81. The van der Waals surface area contributed by atoms with Crippen molar-refractivity contribution in [1.29, 1.82) is 0 Å². The van der Waals surface area contributed by atoms with E-state index in [2.05, 4.69) is 33.7 Å². The number of benzene rings is 1. The first-order chi connectivity index (χ1) is 9.40. The van der Waals surface area contributed by atoms with E-state index in [1.165, 1.54) is 4.88 Å². The molecule has 0 fully saturated rings. The van der Waals surface area contributed by atoms with E-state index in [4.69, 9.17) is 0 Å². The molecule has 0 aliphatic carbocycles. The molecule has 3 heterocycles. The summed E-state index contributed by atoms with van der Waals surface area (Å²) < 4.78 is 1.86. The molecule has 1 aromatic carbocycles. The molecular formula is C14H9N3S2. The van der Waals surface area contributed by atoms with Gasteiger partial charge in [-0.2, -0.15) is 5.10 Å². The zero-order valence-electron chi connectivity index (χ0n) is 9.85. The molecule has 0 radical (unpaired) electrons. The number of hydrogen-bond acceptors (Lipinski definition) is 4. The summed E-state index contributed by atoms with van der Waals surface area (Å²) in [5, 5.41) is 7.67. The molecule has 4 aromatic rings. The molecule has 92 valence electrons. The van der Waals surface area contributed by atoms with Gasteiger partial charge in [-0.3, -0.25) is 0 Å². The number of aromatic nitrogens is 3. The fourth-order valence-corrected chi connectivity index (χ4v) is 3.62. The van der Waals surface area contributed by atoms with Crippen LogP contribution in [0.25, 0.3) is 26.1 Å². The maximum atomic E-state index is 4.64. The topological polar surface area (TPSA) is 30.2 Å². The normalized spacial score (nSPS) is 11.2. The predicted molar refractivity (Wildman–Crippen MR) is 79.6 cm³/mol. The number of fused-ring (bicyclic) bond motifs is 1. The highest BCUT2D eigenvalue weighted by atomic mass is 32.1. The van der Waals surface area contributed by atoms with Crippen LogP contribution in [0.2, 0.25) is 0 Å². The van der Waals surface area contributed by atoms with E-state index < -0.39 is 0 Å². The smallest absolute Gasteiger partial charge is 0.213 e. The molecule has 0 unspecified atom stereocenters. The third-order valence-electron chi connectivity index (χ3n) is 2.84. The summed E-state index contributed by atoms with van der Waals surface area (Å²) in [6, 6.07) is 14.3. The van der Waals surface area contributed by atoms with Crippen LogP contribution in [0.3, 0.4) is 0 Å². The van der Waals surface area contributed by atoms with Crippen LogP contribution in [0.5, 0.6) is 0 Å². The van der Waals surface area contributed by atoms with Crippen LogP contribution in [0.4, 0.5) is 0 Å². The van der Waals surface area contributed by atoms with Gasteiger partial charge in [-0.05, 0) is 11.4 Å².